The largest absolute Gasteiger partial charge is 0.508 e. The summed E-state index contributed by atoms with van der Waals surface area (Å²) in [6.07, 6.45) is -2.14. The predicted octanol–water partition coefficient (Wildman–Crippen LogP) is 8.02. The van der Waals surface area contributed by atoms with E-state index in [4.69, 9.17) is 0 Å². The van der Waals surface area contributed by atoms with Crippen molar-refractivity contribution in [3.05, 3.63) is 186 Å². The Labute approximate surface area is 409 Å². The summed E-state index contributed by atoms with van der Waals surface area (Å²) >= 11 is 0. The number of benzene rings is 8. The lowest BCUT2D eigenvalue weighted by Gasteiger charge is -2.18. The number of hydrogen-bond acceptors (Lipinski definition) is 16. The molecule has 8 aromatic rings. The fourth-order valence-corrected chi connectivity index (χ4v) is 9.73. The molecule has 1 aliphatic rings. The zero-order valence-electron chi connectivity index (χ0n) is 38.0. The molecule has 0 saturated heterocycles. The van der Waals surface area contributed by atoms with Crippen molar-refractivity contribution >= 4 is 0 Å². The van der Waals surface area contributed by atoms with Gasteiger partial charge >= 0.3 is 0 Å². The summed E-state index contributed by atoms with van der Waals surface area (Å²) in [6, 6.07) is 19.8. The molecule has 16 nitrogen and oxygen atoms in total. The van der Waals surface area contributed by atoms with Crippen LogP contribution in [-0.4, -0.2) is 81.7 Å². The molecule has 368 valence electrons. The third kappa shape index (κ3) is 9.48. The van der Waals surface area contributed by atoms with Gasteiger partial charge in [-0.15, -0.1) is 0 Å². The van der Waals surface area contributed by atoms with E-state index in [0.717, 1.165) is 0 Å². The molecule has 0 atom stereocenters. The van der Waals surface area contributed by atoms with Crippen LogP contribution in [0.2, 0.25) is 0 Å². The highest BCUT2D eigenvalue weighted by Crippen LogP contribution is 2.44. The highest BCUT2D eigenvalue weighted by atomic mass is 16.3. The molecule has 0 amide bonds. The van der Waals surface area contributed by atoms with E-state index in [2.05, 4.69) is 0 Å². The van der Waals surface area contributed by atoms with Gasteiger partial charge in [-0.05, 0) is 97.1 Å². The predicted molar refractivity (Wildman–Crippen MR) is 261 cm³/mol. The maximum Gasteiger partial charge on any atom is 0.122 e. The Morgan fingerprint density at radius 3 is 0.278 bits per heavy atom. The molecule has 0 unspecified atom stereocenters. The Morgan fingerprint density at radius 2 is 0.208 bits per heavy atom. The molecular weight excluding hydrogens is 929 g/mol. The van der Waals surface area contributed by atoms with Crippen LogP contribution in [0.1, 0.15) is 89.0 Å². The molecule has 16 N–H and O–H groups in total. The van der Waals surface area contributed by atoms with Crippen LogP contribution in [-0.2, 0) is 51.4 Å². The van der Waals surface area contributed by atoms with E-state index >= 15 is 0 Å². The summed E-state index contributed by atoms with van der Waals surface area (Å²) < 4.78 is 0. The van der Waals surface area contributed by atoms with Crippen LogP contribution in [0.15, 0.2) is 97.1 Å². The molecular formula is C56H48O16. The number of phenols is 16. The Balaban J connectivity index is 1.18. The van der Waals surface area contributed by atoms with Crippen LogP contribution in [0.5, 0.6) is 92.0 Å². The smallest absolute Gasteiger partial charge is 0.122 e. The maximum atomic E-state index is 11.6. The van der Waals surface area contributed by atoms with Crippen molar-refractivity contribution in [2.24, 2.45) is 0 Å². The van der Waals surface area contributed by atoms with Gasteiger partial charge in [0.15, 0.2) is 0 Å². The molecule has 0 saturated carbocycles. The maximum absolute atomic E-state index is 11.6. The van der Waals surface area contributed by atoms with E-state index in [1.165, 1.54) is 97.1 Å². The molecule has 72 heavy (non-hydrogen) atoms. The minimum atomic E-state index is -0.363. The van der Waals surface area contributed by atoms with Gasteiger partial charge in [0, 0.05) is 140 Å². The minimum Gasteiger partial charge on any atom is -0.508 e. The number of hydrogen-bond donors (Lipinski definition) is 16. The van der Waals surface area contributed by atoms with E-state index < -0.39 is 0 Å². The third-order valence-corrected chi connectivity index (χ3v) is 13.1. The van der Waals surface area contributed by atoms with Crippen LogP contribution in [0.25, 0.3) is 0 Å². The first-order valence-electron chi connectivity index (χ1n) is 22.5. The first-order chi connectivity index (χ1) is 34.2. The Kier molecular flexibility index (Phi) is 12.2. The van der Waals surface area contributed by atoms with Crippen LogP contribution in [0.3, 0.4) is 0 Å². The van der Waals surface area contributed by atoms with Gasteiger partial charge in [-0.3, -0.25) is 0 Å². The Bertz CT molecular complexity index is 2630. The second-order valence-electron chi connectivity index (χ2n) is 18.3. The van der Waals surface area contributed by atoms with Crippen LogP contribution in [0, 0.1) is 0 Å². The van der Waals surface area contributed by atoms with Gasteiger partial charge in [0.05, 0.1) is 0 Å². The molecule has 16 heteroatoms. The third-order valence-electron chi connectivity index (χ3n) is 13.1. The lowest BCUT2D eigenvalue weighted by atomic mass is 9.91. The van der Waals surface area contributed by atoms with Gasteiger partial charge in [-0.25, -0.2) is 0 Å². The molecule has 0 aliphatic heterocycles. The van der Waals surface area contributed by atoms with E-state index in [1.54, 1.807) is 0 Å². The average Bonchev–Trinajstić information content (AvgIpc) is 3.30. The molecule has 9 rings (SSSR count). The normalized spacial score (nSPS) is 12.9. The van der Waals surface area contributed by atoms with Gasteiger partial charge < -0.3 is 81.7 Å². The summed E-state index contributed by atoms with van der Waals surface area (Å²) in [5.74, 6) is -5.42. The summed E-state index contributed by atoms with van der Waals surface area (Å²) in [7, 11) is 0. The molecule has 0 heterocycles. The summed E-state index contributed by atoms with van der Waals surface area (Å²) in [6.45, 7) is 0. The highest BCUT2D eigenvalue weighted by molar-refractivity contribution is 5.61. The standard InChI is InChI=1S/C56H48O16/c57-41-9-25-1-26-10-42(58)12-28(50(26)66)3-30-14-44(60)16-32(52(30)68)5-34-18-46(62)20-36(54(34)70)7-38-22-48(64)24-40(56(38)72)8-39-23-47(63)21-37(55(39)71)6-35-19-45(61)17-33(53(35)69)4-31-15-43(59)13-29(51(31)67)2-27(11-41)49(25)65/h9-24,57-72H,1-8H2. The van der Waals surface area contributed by atoms with Crippen LogP contribution < -0.4 is 0 Å². The molecule has 0 spiro atoms. The first-order valence-corrected chi connectivity index (χ1v) is 22.5. The zero-order chi connectivity index (χ0) is 51.4. The molecule has 1 aliphatic carbocycles. The van der Waals surface area contributed by atoms with Crippen molar-refractivity contribution in [1.29, 1.82) is 0 Å². The summed E-state index contributed by atoms with van der Waals surface area (Å²) in [4.78, 5) is 0. The fraction of sp³-hybridized carbons (Fsp3) is 0.143. The monoisotopic (exact) mass is 976 g/mol. The fourth-order valence-electron chi connectivity index (χ4n) is 9.73. The quantitative estimate of drug-likeness (QED) is 0.0640. The summed E-state index contributed by atoms with van der Waals surface area (Å²) in [5, 5.41) is 180. The zero-order valence-corrected chi connectivity index (χ0v) is 38.0. The molecule has 16 bridgehead atoms. The Morgan fingerprint density at radius 1 is 0.139 bits per heavy atom. The van der Waals surface area contributed by atoms with Crippen LogP contribution in [0.4, 0.5) is 0 Å². The van der Waals surface area contributed by atoms with E-state index in [1.807, 2.05) is 0 Å². The lowest BCUT2D eigenvalue weighted by molar-refractivity contribution is 0.436. The minimum absolute atomic E-state index is 0.0808. The average molecular weight is 977 g/mol. The molecule has 0 aromatic heterocycles. The number of rotatable bonds is 0. The van der Waals surface area contributed by atoms with Crippen LogP contribution >= 0.6 is 0 Å². The lowest BCUT2D eigenvalue weighted by Crippen LogP contribution is -2.01. The number of aromatic hydroxyl groups is 16. The van der Waals surface area contributed by atoms with Gasteiger partial charge in [-0.1, -0.05) is 0 Å². The second-order valence-corrected chi connectivity index (χ2v) is 18.3. The molecule has 0 radical (unpaired) electrons. The number of phenolic OH excluding ortho intramolecular Hbond substituents is 16. The van der Waals surface area contributed by atoms with E-state index in [-0.39, 0.29) is 232 Å². The van der Waals surface area contributed by atoms with Crippen molar-refractivity contribution in [3.8, 4) is 92.0 Å². The van der Waals surface area contributed by atoms with Gasteiger partial charge in [-0.2, -0.15) is 0 Å². The molecule has 8 aromatic carbocycles. The SMILES string of the molecule is Oc1cc2c(O)c(c1)Cc1cc(O)cc(c1O)Cc1cc(O)cc(c1O)Cc1cc(O)cc(c1O)Cc1cc(O)cc(c1O)Cc1cc(O)cc(c1O)Cc1cc(O)cc(c1O)Cc1cc(O)cc(c1O)C2. The van der Waals surface area contributed by atoms with Crippen molar-refractivity contribution in [3.63, 3.8) is 0 Å². The van der Waals surface area contributed by atoms with Gasteiger partial charge in [0.2, 0.25) is 0 Å². The van der Waals surface area contributed by atoms with E-state index in [9.17, 15) is 81.7 Å². The van der Waals surface area contributed by atoms with E-state index in [0.29, 0.717) is 0 Å². The number of fused-ring (bicyclic) bond motifs is 16. The Hall–Kier alpha value is -9.44. The highest BCUT2D eigenvalue weighted by Gasteiger charge is 2.24. The van der Waals surface area contributed by atoms with Crippen molar-refractivity contribution < 1.29 is 81.7 Å². The second kappa shape index (κ2) is 18.5. The van der Waals surface area contributed by atoms with Crippen molar-refractivity contribution in [2.75, 3.05) is 0 Å². The molecule has 0 fully saturated rings. The topological polar surface area (TPSA) is 324 Å². The summed E-state index contributed by atoms with van der Waals surface area (Å²) in [5.41, 5.74) is 1.29. The van der Waals surface area contributed by atoms with Crippen molar-refractivity contribution in [1.82, 2.24) is 0 Å². The van der Waals surface area contributed by atoms with Crippen molar-refractivity contribution in [2.45, 2.75) is 51.4 Å². The first kappa shape index (κ1) is 47.6. The van der Waals surface area contributed by atoms with Gasteiger partial charge in [0.25, 0.3) is 0 Å². The van der Waals surface area contributed by atoms with Gasteiger partial charge in [0.1, 0.15) is 92.0 Å².